The van der Waals surface area contributed by atoms with Crippen molar-refractivity contribution in [2.24, 2.45) is 5.73 Å². The van der Waals surface area contributed by atoms with Crippen molar-refractivity contribution in [1.82, 2.24) is 0 Å². The third-order valence-corrected chi connectivity index (χ3v) is 2.34. The van der Waals surface area contributed by atoms with Crippen LogP contribution in [0.15, 0.2) is 24.3 Å². The first kappa shape index (κ1) is 14.8. The second kappa shape index (κ2) is 6.61. The van der Waals surface area contributed by atoms with Gasteiger partial charge in [0.05, 0.1) is 5.56 Å². The second-order valence-corrected chi connectivity index (χ2v) is 3.87. The number of nitrogens with two attached hydrogens (primary N) is 1. The molecule has 0 fully saturated rings. The van der Waals surface area contributed by atoms with Gasteiger partial charge in [-0.25, -0.2) is 0 Å². The van der Waals surface area contributed by atoms with E-state index in [0.717, 1.165) is 12.1 Å². The van der Waals surface area contributed by atoms with Crippen molar-refractivity contribution in [3.8, 4) is 5.75 Å². The van der Waals surface area contributed by atoms with E-state index in [1.54, 1.807) is 7.11 Å². The number of methoxy groups -OCH3 is 1. The van der Waals surface area contributed by atoms with Gasteiger partial charge in [-0.15, -0.1) is 0 Å². The predicted octanol–water partition coefficient (Wildman–Crippen LogP) is 2.45. The van der Waals surface area contributed by atoms with Gasteiger partial charge in [-0.05, 0) is 30.7 Å². The minimum absolute atomic E-state index is 0.202. The summed E-state index contributed by atoms with van der Waals surface area (Å²) in [5.74, 6) is 0.371. The quantitative estimate of drug-likeness (QED) is 0.857. The van der Waals surface area contributed by atoms with Crippen LogP contribution in [0, 0.1) is 0 Å². The van der Waals surface area contributed by atoms with Crippen LogP contribution in [0.4, 0.5) is 13.2 Å². The summed E-state index contributed by atoms with van der Waals surface area (Å²) in [6, 6.07) is 4.33. The lowest BCUT2D eigenvalue weighted by atomic mass is 10.2. The molecule has 1 aromatic carbocycles. The first-order chi connectivity index (χ1) is 8.43. The van der Waals surface area contributed by atoms with Crippen molar-refractivity contribution in [2.45, 2.75) is 18.6 Å². The highest BCUT2D eigenvalue weighted by molar-refractivity contribution is 5.28. The molecule has 0 saturated carbocycles. The van der Waals surface area contributed by atoms with Crippen molar-refractivity contribution in [1.29, 1.82) is 0 Å². The number of hydrogen-bond acceptors (Lipinski definition) is 3. The molecule has 0 saturated heterocycles. The van der Waals surface area contributed by atoms with Crippen molar-refractivity contribution in [3.63, 3.8) is 0 Å². The summed E-state index contributed by atoms with van der Waals surface area (Å²) in [6.07, 6.45) is -3.69. The molecule has 0 aliphatic heterocycles. The maximum Gasteiger partial charge on any atom is 0.416 e. The molecular formula is C12H16F3NO2. The van der Waals surface area contributed by atoms with Gasteiger partial charge in [0.1, 0.15) is 12.4 Å². The fourth-order valence-corrected chi connectivity index (χ4v) is 1.30. The third kappa shape index (κ3) is 4.93. The largest absolute Gasteiger partial charge is 0.492 e. The number of alkyl halides is 3. The SMILES string of the molecule is COCCC(N)COc1ccc(C(F)(F)F)cc1. The van der Waals surface area contributed by atoms with E-state index < -0.39 is 11.7 Å². The number of halogens is 3. The lowest BCUT2D eigenvalue weighted by Gasteiger charge is -2.13. The van der Waals surface area contributed by atoms with Gasteiger partial charge in [-0.2, -0.15) is 13.2 Å². The molecule has 3 nitrogen and oxygen atoms in total. The predicted molar refractivity (Wildman–Crippen MR) is 61.4 cm³/mol. The molecule has 102 valence electrons. The topological polar surface area (TPSA) is 44.5 Å². The van der Waals surface area contributed by atoms with Crippen LogP contribution in [-0.4, -0.2) is 26.4 Å². The summed E-state index contributed by atoms with van der Waals surface area (Å²) >= 11 is 0. The Morgan fingerprint density at radius 2 is 1.83 bits per heavy atom. The van der Waals surface area contributed by atoms with E-state index in [9.17, 15) is 13.2 Å². The van der Waals surface area contributed by atoms with Crippen LogP contribution < -0.4 is 10.5 Å². The summed E-state index contributed by atoms with van der Waals surface area (Å²) in [6.45, 7) is 0.770. The molecule has 18 heavy (non-hydrogen) atoms. The Bertz CT molecular complexity index is 351. The maximum absolute atomic E-state index is 12.3. The smallest absolute Gasteiger partial charge is 0.416 e. The molecule has 0 radical (unpaired) electrons. The molecule has 1 atom stereocenters. The molecule has 6 heteroatoms. The van der Waals surface area contributed by atoms with Crippen molar-refractivity contribution >= 4 is 0 Å². The van der Waals surface area contributed by atoms with Gasteiger partial charge in [0.2, 0.25) is 0 Å². The number of benzene rings is 1. The highest BCUT2D eigenvalue weighted by Crippen LogP contribution is 2.30. The Hall–Kier alpha value is -1.27. The van der Waals surface area contributed by atoms with Crippen LogP contribution in [0.5, 0.6) is 5.75 Å². The summed E-state index contributed by atoms with van der Waals surface area (Å²) in [5, 5.41) is 0. The van der Waals surface area contributed by atoms with E-state index in [-0.39, 0.29) is 12.6 Å². The standard InChI is InChI=1S/C12H16F3NO2/c1-17-7-6-10(16)8-18-11-4-2-9(3-5-11)12(13,14)15/h2-5,10H,6-8,16H2,1H3. The zero-order valence-electron chi connectivity index (χ0n) is 10.0. The van der Waals surface area contributed by atoms with Crippen LogP contribution in [0.3, 0.4) is 0 Å². The average molecular weight is 263 g/mol. The molecule has 0 aromatic heterocycles. The minimum Gasteiger partial charge on any atom is -0.492 e. The molecule has 0 heterocycles. The van der Waals surface area contributed by atoms with E-state index in [0.29, 0.717) is 18.8 Å². The monoisotopic (exact) mass is 263 g/mol. The lowest BCUT2D eigenvalue weighted by Crippen LogP contribution is -2.29. The summed E-state index contributed by atoms with van der Waals surface area (Å²) in [4.78, 5) is 0. The van der Waals surface area contributed by atoms with Gasteiger partial charge in [0.25, 0.3) is 0 Å². The molecule has 1 aromatic rings. The summed E-state index contributed by atoms with van der Waals surface area (Å²) < 4.78 is 47.0. The first-order valence-electron chi connectivity index (χ1n) is 5.48. The number of hydrogen-bond donors (Lipinski definition) is 1. The molecule has 2 N–H and O–H groups in total. The van der Waals surface area contributed by atoms with Crippen molar-refractivity contribution < 1.29 is 22.6 Å². The fourth-order valence-electron chi connectivity index (χ4n) is 1.30. The van der Waals surface area contributed by atoms with E-state index in [1.165, 1.54) is 12.1 Å². The van der Waals surface area contributed by atoms with E-state index in [1.807, 2.05) is 0 Å². The molecule has 1 unspecified atom stereocenters. The molecule has 0 aliphatic carbocycles. The average Bonchev–Trinajstić information content (AvgIpc) is 2.33. The first-order valence-corrected chi connectivity index (χ1v) is 5.48. The van der Waals surface area contributed by atoms with Crippen LogP contribution in [-0.2, 0) is 10.9 Å². The maximum atomic E-state index is 12.3. The van der Waals surface area contributed by atoms with E-state index in [2.05, 4.69) is 0 Å². The molecule has 0 spiro atoms. The van der Waals surface area contributed by atoms with Gasteiger partial charge >= 0.3 is 6.18 Å². The van der Waals surface area contributed by atoms with E-state index >= 15 is 0 Å². The van der Waals surface area contributed by atoms with Gasteiger partial charge in [0, 0.05) is 19.8 Å². The minimum atomic E-state index is -4.33. The van der Waals surface area contributed by atoms with Crippen molar-refractivity contribution in [3.05, 3.63) is 29.8 Å². The third-order valence-electron chi connectivity index (χ3n) is 2.34. The molecule has 0 amide bonds. The second-order valence-electron chi connectivity index (χ2n) is 3.87. The highest BCUT2D eigenvalue weighted by Gasteiger charge is 2.29. The Balaban J connectivity index is 2.44. The van der Waals surface area contributed by atoms with Gasteiger partial charge < -0.3 is 15.2 Å². The van der Waals surface area contributed by atoms with Gasteiger partial charge in [0.15, 0.2) is 0 Å². The van der Waals surface area contributed by atoms with Crippen LogP contribution in [0.2, 0.25) is 0 Å². The Morgan fingerprint density at radius 3 is 2.33 bits per heavy atom. The van der Waals surface area contributed by atoms with Gasteiger partial charge in [-0.1, -0.05) is 0 Å². The Kier molecular flexibility index (Phi) is 5.43. The number of ether oxygens (including phenoxy) is 2. The van der Waals surface area contributed by atoms with E-state index in [4.69, 9.17) is 15.2 Å². The molecule has 1 rings (SSSR count). The van der Waals surface area contributed by atoms with Crippen LogP contribution >= 0.6 is 0 Å². The summed E-state index contributed by atoms with van der Waals surface area (Å²) in [7, 11) is 1.57. The fraction of sp³-hybridized carbons (Fsp3) is 0.500. The molecule has 0 bridgehead atoms. The molecular weight excluding hydrogens is 247 g/mol. The molecule has 0 aliphatic rings. The Labute approximate surface area is 104 Å². The Morgan fingerprint density at radius 1 is 1.22 bits per heavy atom. The number of rotatable bonds is 6. The van der Waals surface area contributed by atoms with Crippen LogP contribution in [0.1, 0.15) is 12.0 Å². The van der Waals surface area contributed by atoms with Crippen molar-refractivity contribution in [2.75, 3.05) is 20.3 Å². The highest BCUT2D eigenvalue weighted by atomic mass is 19.4. The normalized spacial score (nSPS) is 13.4. The summed E-state index contributed by atoms with van der Waals surface area (Å²) in [5.41, 5.74) is 5.03. The lowest BCUT2D eigenvalue weighted by molar-refractivity contribution is -0.137. The zero-order valence-corrected chi connectivity index (χ0v) is 10.0. The van der Waals surface area contributed by atoms with Gasteiger partial charge in [-0.3, -0.25) is 0 Å². The van der Waals surface area contributed by atoms with Crippen LogP contribution in [0.25, 0.3) is 0 Å². The zero-order chi connectivity index (χ0) is 13.6.